The van der Waals surface area contributed by atoms with E-state index >= 15 is 0 Å². The van der Waals surface area contributed by atoms with Gasteiger partial charge in [0.05, 0.1) is 0 Å². The number of aromatic nitrogens is 3. The standard InChI is InChI=1S/C16H13N3O2S/c20-16(21-14-9-5-2-6-10-14)19-12-17-15(18-19)22-11-13-7-3-1-4-8-13/h1-10,12H,11H2. The third-order valence-corrected chi connectivity index (χ3v) is 3.74. The lowest BCUT2D eigenvalue weighted by atomic mass is 10.2. The Hall–Kier alpha value is -2.60. The molecular weight excluding hydrogens is 298 g/mol. The van der Waals surface area contributed by atoms with Gasteiger partial charge >= 0.3 is 6.09 Å². The molecule has 22 heavy (non-hydrogen) atoms. The number of rotatable bonds is 4. The van der Waals surface area contributed by atoms with Crippen molar-refractivity contribution in [3.63, 3.8) is 0 Å². The number of nitrogens with zero attached hydrogens (tertiary/aromatic N) is 3. The molecule has 6 heteroatoms. The lowest BCUT2D eigenvalue weighted by Gasteiger charge is -2.02. The van der Waals surface area contributed by atoms with Crippen LogP contribution in [-0.4, -0.2) is 20.9 Å². The first-order valence-electron chi connectivity index (χ1n) is 6.67. The van der Waals surface area contributed by atoms with Crippen LogP contribution in [0.25, 0.3) is 0 Å². The Balaban J connectivity index is 1.60. The summed E-state index contributed by atoms with van der Waals surface area (Å²) in [6, 6.07) is 18.9. The number of ether oxygens (including phenoxy) is 1. The van der Waals surface area contributed by atoms with Gasteiger partial charge in [-0.1, -0.05) is 60.3 Å². The monoisotopic (exact) mass is 311 g/mol. The molecule has 0 bridgehead atoms. The molecule has 0 aliphatic heterocycles. The van der Waals surface area contributed by atoms with Gasteiger partial charge in [0.25, 0.3) is 0 Å². The summed E-state index contributed by atoms with van der Waals surface area (Å²) in [4.78, 5) is 16.0. The first-order valence-corrected chi connectivity index (χ1v) is 7.65. The maximum atomic E-state index is 11.9. The second kappa shape index (κ2) is 6.91. The zero-order valence-corrected chi connectivity index (χ0v) is 12.4. The van der Waals surface area contributed by atoms with Crippen molar-refractivity contribution < 1.29 is 9.53 Å². The van der Waals surface area contributed by atoms with Crippen molar-refractivity contribution >= 4 is 17.9 Å². The number of carbonyl (C=O) groups is 1. The van der Waals surface area contributed by atoms with E-state index < -0.39 is 6.09 Å². The molecule has 3 rings (SSSR count). The predicted octanol–water partition coefficient (Wildman–Crippen LogP) is 3.62. The minimum Gasteiger partial charge on any atom is -0.409 e. The van der Waals surface area contributed by atoms with Gasteiger partial charge in [-0.15, -0.1) is 5.10 Å². The van der Waals surface area contributed by atoms with Crippen LogP contribution in [0, 0.1) is 0 Å². The minimum absolute atomic E-state index is 0.474. The molecule has 0 saturated heterocycles. The van der Waals surface area contributed by atoms with E-state index in [1.54, 1.807) is 24.3 Å². The number of hydrogen-bond acceptors (Lipinski definition) is 5. The van der Waals surface area contributed by atoms with E-state index in [1.165, 1.54) is 23.7 Å². The van der Waals surface area contributed by atoms with Gasteiger partial charge in [0.15, 0.2) is 0 Å². The van der Waals surface area contributed by atoms with Crippen molar-refractivity contribution in [1.29, 1.82) is 0 Å². The van der Waals surface area contributed by atoms with E-state index in [0.717, 1.165) is 10.4 Å². The highest BCUT2D eigenvalue weighted by Gasteiger charge is 2.11. The summed E-state index contributed by atoms with van der Waals surface area (Å²) in [5.74, 6) is 1.22. The van der Waals surface area contributed by atoms with E-state index in [4.69, 9.17) is 4.74 Å². The number of para-hydroxylation sites is 1. The number of benzene rings is 2. The maximum absolute atomic E-state index is 11.9. The van der Waals surface area contributed by atoms with Crippen molar-refractivity contribution in [2.24, 2.45) is 0 Å². The summed E-state index contributed by atoms with van der Waals surface area (Å²) in [5, 5.41) is 4.65. The molecule has 110 valence electrons. The average molecular weight is 311 g/mol. The summed E-state index contributed by atoms with van der Waals surface area (Å²) < 4.78 is 6.29. The van der Waals surface area contributed by atoms with Gasteiger partial charge in [0.2, 0.25) is 5.16 Å². The van der Waals surface area contributed by atoms with Crippen LogP contribution in [0.2, 0.25) is 0 Å². The molecule has 0 spiro atoms. The minimum atomic E-state index is -0.578. The topological polar surface area (TPSA) is 57.0 Å². The number of hydrogen-bond donors (Lipinski definition) is 0. The fourth-order valence-corrected chi connectivity index (χ4v) is 2.52. The largest absolute Gasteiger partial charge is 0.441 e. The summed E-state index contributed by atoms with van der Waals surface area (Å²) in [6.07, 6.45) is 0.781. The molecule has 0 atom stereocenters. The molecule has 0 saturated carbocycles. The van der Waals surface area contributed by atoms with Crippen LogP contribution in [0.4, 0.5) is 4.79 Å². The van der Waals surface area contributed by atoms with Crippen molar-refractivity contribution in [2.75, 3.05) is 0 Å². The van der Waals surface area contributed by atoms with Crippen LogP contribution >= 0.6 is 11.8 Å². The van der Waals surface area contributed by atoms with Crippen molar-refractivity contribution in [3.8, 4) is 5.75 Å². The van der Waals surface area contributed by atoms with Crippen molar-refractivity contribution in [3.05, 3.63) is 72.6 Å². The molecule has 0 unspecified atom stereocenters. The van der Waals surface area contributed by atoms with Crippen molar-refractivity contribution in [1.82, 2.24) is 14.8 Å². The van der Waals surface area contributed by atoms with E-state index in [2.05, 4.69) is 10.1 Å². The summed E-state index contributed by atoms with van der Waals surface area (Å²) in [7, 11) is 0. The van der Waals surface area contributed by atoms with Gasteiger partial charge in [-0.2, -0.15) is 4.68 Å². The lowest BCUT2D eigenvalue weighted by Crippen LogP contribution is -2.17. The van der Waals surface area contributed by atoms with Crippen LogP contribution < -0.4 is 4.74 Å². The SMILES string of the molecule is O=C(Oc1ccccc1)n1cnc(SCc2ccccc2)n1. The third-order valence-electron chi connectivity index (χ3n) is 2.82. The fourth-order valence-electron chi connectivity index (χ4n) is 1.76. The van der Waals surface area contributed by atoms with Crippen LogP contribution in [0.3, 0.4) is 0 Å². The Morgan fingerprint density at radius 2 is 1.73 bits per heavy atom. The smallest absolute Gasteiger partial charge is 0.409 e. The first-order chi connectivity index (χ1) is 10.8. The lowest BCUT2D eigenvalue weighted by molar-refractivity contribution is 0.198. The first kappa shape index (κ1) is 14.3. The van der Waals surface area contributed by atoms with E-state index in [0.29, 0.717) is 10.9 Å². The molecule has 3 aromatic rings. The molecule has 5 nitrogen and oxygen atoms in total. The van der Waals surface area contributed by atoms with Gasteiger partial charge in [-0.3, -0.25) is 0 Å². The second-order valence-corrected chi connectivity index (χ2v) is 5.37. The number of carbonyl (C=O) groups excluding carboxylic acids is 1. The van der Waals surface area contributed by atoms with Crippen LogP contribution in [0.5, 0.6) is 5.75 Å². The van der Waals surface area contributed by atoms with Gasteiger partial charge in [0, 0.05) is 5.75 Å². The zero-order valence-electron chi connectivity index (χ0n) is 11.6. The molecule has 1 heterocycles. The Morgan fingerprint density at radius 3 is 2.45 bits per heavy atom. The average Bonchev–Trinajstić information content (AvgIpc) is 3.04. The highest BCUT2D eigenvalue weighted by atomic mass is 32.2. The fraction of sp³-hybridized carbons (Fsp3) is 0.0625. The Labute approximate surface area is 132 Å². The molecule has 0 aliphatic rings. The predicted molar refractivity (Wildman–Crippen MR) is 83.9 cm³/mol. The summed E-state index contributed by atoms with van der Waals surface area (Å²) in [5.41, 5.74) is 1.18. The van der Waals surface area contributed by atoms with Crippen LogP contribution in [0.15, 0.2) is 72.1 Å². The highest BCUT2D eigenvalue weighted by Crippen LogP contribution is 2.18. The molecule has 0 amide bonds. The molecule has 0 aliphatic carbocycles. The quantitative estimate of drug-likeness (QED) is 0.689. The van der Waals surface area contributed by atoms with E-state index in [-0.39, 0.29) is 0 Å². The van der Waals surface area contributed by atoms with Crippen LogP contribution in [-0.2, 0) is 5.75 Å². The normalized spacial score (nSPS) is 10.4. The Morgan fingerprint density at radius 1 is 1.05 bits per heavy atom. The molecule has 2 aromatic carbocycles. The van der Waals surface area contributed by atoms with Crippen molar-refractivity contribution in [2.45, 2.75) is 10.9 Å². The number of thioether (sulfide) groups is 1. The Bertz CT molecular complexity index is 744. The molecular formula is C16H13N3O2S. The third kappa shape index (κ3) is 3.73. The molecule has 1 aromatic heterocycles. The molecule has 0 radical (unpaired) electrons. The Kier molecular flexibility index (Phi) is 4.50. The molecule has 0 N–H and O–H groups in total. The van der Waals surface area contributed by atoms with Gasteiger partial charge in [-0.25, -0.2) is 9.78 Å². The van der Waals surface area contributed by atoms with E-state index in [9.17, 15) is 4.79 Å². The summed E-state index contributed by atoms with van der Waals surface area (Å²) >= 11 is 1.47. The van der Waals surface area contributed by atoms with Gasteiger partial charge < -0.3 is 4.74 Å². The maximum Gasteiger partial charge on any atom is 0.441 e. The van der Waals surface area contributed by atoms with Crippen LogP contribution in [0.1, 0.15) is 5.56 Å². The van der Waals surface area contributed by atoms with Gasteiger partial charge in [-0.05, 0) is 17.7 Å². The highest BCUT2D eigenvalue weighted by molar-refractivity contribution is 7.98. The van der Waals surface area contributed by atoms with Gasteiger partial charge in [0.1, 0.15) is 12.1 Å². The zero-order chi connectivity index (χ0) is 15.2. The second-order valence-electron chi connectivity index (χ2n) is 4.43. The van der Waals surface area contributed by atoms with E-state index in [1.807, 2.05) is 36.4 Å². The summed E-state index contributed by atoms with van der Waals surface area (Å²) in [6.45, 7) is 0. The molecule has 0 fully saturated rings.